The molecule has 0 spiro atoms. The first-order valence-electron chi connectivity index (χ1n) is 7.99. The second-order valence-electron chi connectivity index (χ2n) is 5.41. The first-order valence-corrected chi connectivity index (χ1v) is 8.78. The van der Waals surface area contributed by atoms with Gasteiger partial charge >= 0.3 is 5.97 Å². The molecule has 6 heteroatoms. The number of para-hydroxylation sites is 1. The molecule has 0 unspecified atom stereocenters. The van der Waals surface area contributed by atoms with Gasteiger partial charge in [-0.25, -0.2) is 9.18 Å². The first-order chi connectivity index (χ1) is 12.0. The molecule has 4 nitrogen and oxygen atoms in total. The van der Waals surface area contributed by atoms with Crippen molar-refractivity contribution in [3.63, 3.8) is 0 Å². The van der Waals surface area contributed by atoms with Gasteiger partial charge in [-0.1, -0.05) is 48.0 Å². The van der Waals surface area contributed by atoms with Crippen molar-refractivity contribution in [2.24, 2.45) is 0 Å². The lowest BCUT2D eigenvalue weighted by molar-refractivity contribution is -0.119. The Balaban J connectivity index is 2.03. The molecular formula is C19H19BrFNO3. The van der Waals surface area contributed by atoms with E-state index in [4.69, 9.17) is 4.74 Å². The van der Waals surface area contributed by atoms with Crippen molar-refractivity contribution >= 4 is 33.5 Å². The third-order valence-electron chi connectivity index (χ3n) is 3.75. The summed E-state index contributed by atoms with van der Waals surface area (Å²) in [6.45, 7) is 3.52. The highest BCUT2D eigenvalue weighted by atomic mass is 79.9. The minimum absolute atomic E-state index is 0.209. The molecule has 0 radical (unpaired) electrons. The van der Waals surface area contributed by atoms with Crippen LogP contribution in [0.1, 0.15) is 35.3 Å². The fraction of sp³-hybridized carbons (Fsp3) is 0.263. The molecule has 0 heterocycles. The Morgan fingerprint density at radius 3 is 2.32 bits per heavy atom. The van der Waals surface area contributed by atoms with Crippen LogP contribution in [0.25, 0.3) is 0 Å². The van der Waals surface area contributed by atoms with Gasteiger partial charge in [-0.2, -0.15) is 0 Å². The van der Waals surface area contributed by atoms with E-state index in [1.807, 2.05) is 32.0 Å². The fourth-order valence-electron chi connectivity index (χ4n) is 2.44. The fourth-order valence-corrected chi connectivity index (χ4v) is 2.78. The number of carbonyl (C=O) groups excluding carboxylic acids is 2. The van der Waals surface area contributed by atoms with Crippen LogP contribution < -0.4 is 5.32 Å². The van der Waals surface area contributed by atoms with Gasteiger partial charge in [-0.15, -0.1) is 0 Å². The summed E-state index contributed by atoms with van der Waals surface area (Å²) in [5.41, 5.74) is 2.57. The minimum Gasteiger partial charge on any atom is -0.452 e. The van der Waals surface area contributed by atoms with E-state index in [0.717, 1.165) is 29.7 Å². The van der Waals surface area contributed by atoms with E-state index in [-0.39, 0.29) is 5.56 Å². The van der Waals surface area contributed by atoms with Gasteiger partial charge in [-0.3, -0.25) is 4.79 Å². The largest absolute Gasteiger partial charge is 0.452 e. The summed E-state index contributed by atoms with van der Waals surface area (Å²) in [5.74, 6) is -2.04. The second kappa shape index (κ2) is 8.76. The predicted octanol–water partition coefficient (Wildman–Crippen LogP) is 4.51. The van der Waals surface area contributed by atoms with Crippen LogP contribution in [0.3, 0.4) is 0 Å². The number of carbonyl (C=O) groups is 2. The molecule has 0 aliphatic heterocycles. The summed E-state index contributed by atoms with van der Waals surface area (Å²) in [6.07, 6.45) is 1.54. The molecular weight excluding hydrogens is 389 g/mol. The summed E-state index contributed by atoms with van der Waals surface area (Å²) in [7, 11) is 0. The second-order valence-corrected chi connectivity index (χ2v) is 6.32. The van der Waals surface area contributed by atoms with Crippen LogP contribution in [0.4, 0.5) is 10.1 Å². The van der Waals surface area contributed by atoms with Crippen LogP contribution in [0, 0.1) is 5.82 Å². The maximum absolute atomic E-state index is 13.7. The van der Waals surface area contributed by atoms with Gasteiger partial charge in [0, 0.05) is 10.2 Å². The summed E-state index contributed by atoms with van der Waals surface area (Å²) in [6, 6.07) is 9.84. The van der Waals surface area contributed by atoms with E-state index in [1.165, 1.54) is 18.2 Å². The Morgan fingerprint density at radius 1 is 1.12 bits per heavy atom. The van der Waals surface area contributed by atoms with Crippen molar-refractivity contribution in [1.82, 2.24) is 0 Å². The lowest BCUT2D eigenvalue weighted by Crippen LogP contribution is -2.22. The zero-order valence-electron chi connectivity index (χ0n) is 14.1. The normalized spacial score (nSPS) is 10.4. The van der Waals surface area contributed by atoms with E-state index >= 15 is 0 Å². The lowest BCUT2D eigenvalue weighted by Gasteiger charge is -2.14. The molecule has 2 aromatic carbocycles. The summed E-state index contributed by atoms with van der Waals surface area (Å²) < 4.78 is 19.2. The number of hydrogen-bond acceptors (Lipinski definition) is 3. The van der Waals surface area contributed by atoms with E-state index in [1.54, 1.807) is 0 Å². The molecule has 1 N–H and O–H groups in total. The van der Waals surface area contributed by atoms with Crippen LogP contribution in [0.15, 0.2) is 40.9 Å². The maximum atomic E-state index is 13.7. The van der Waals surface area contributed by atoms with E-state index in [0.29, 0.717) is 4.47 Å². The SMILES string of the molecule is CCc1cccc(CC)c1NC(=O)COC(=O)c1ccc(Br)cc1F. The van der Waals surface area contributed by atoms with Crippen LogP contribution >= 0.6 is 15.9 Å². The topological polar surface area (TPSA) is 55.4 Å². The molecule has 2 rings (SSSR count). The number of aryl methyl sites for hydroxylation is 2. The van der Waals surface area contributed by atoms with Gasteiger partial charge in [0.25, 0.3) is 5.91 Å². The van der Waals surface area contributed by atoms with Gasteiger partial charge in [0.15, 0.2) is 6.61 Å². The van der Waals surface area contributed by atoms with Crippen molar-refractivity contribution in [2.45, 2.75) is 26.7 Å². The molecule has 0 bridgehead atoms. The van der Waals surface area contributed by atoms with Crippen LogP contribution in [0.2, 0.25) is 0 Å². The smallest absolute Gasteiger partial charge is 0.341 e. The van der Waals surface area contributed by atoms with Crippen molar-refractivity contribution in [3.05, 3.63) is 63.4 Å². The quantitative estimate of drug-likeness (QED) is 0.716. The molecule has 0 atom stereocenters. The van der Waals surface area contributed by atoms with Gasteiger partial charge in [0.1, 0.15) is 5.82 Å². The number of esters is 1. The molecule has 0 saturated carbocycles. The molecule has 0 aliphatic rings. The van der Waals surface area contributed by atoms with Crippen molar-refractivity contribution in [3.8, 4) is 0 Å². The Bertz CT molecular complexity index is 770. The third-order valence-corrected chi connectivity index (χ3v) is 4.24. The summed E-state index contributed by atoms with van der Waals surface area (Å²) in [4.78, 5) is 24.1. The molecule has 2 aromatic rings. The zero-order valence-corrected chi connectivity index (χ0v) is 15.7. The zero-order chi connectivity index (χ0) is 18.4. The molecule has 1 amide bonds. The lowest BCUT2D eigenvalue weighted by atomic mass is 10.0. The van der Waals surface area contributed by atoms with E-state index in [9.17, 15) is 14.0 Å². The monoisotopic (exact) mass is 407 g/mol. The molecule has 0 saturated heterocycles. The Hall–Kier alpha value is -2.21. The van der Waals surface area contributed by atoms with Crippen LogP contribution in [-0.2, 0) is 22.4 Å². The number of halogens is 2. The van der Waals surface area contributed by atoms with E-state index < -0.39 is 24.3 Å². The Labute approximate surface area is 154 Å². The Morgan fingerprint density at radius 2 is 1.76 bits per heavy atom. The van der Waals surface area contributed by atoms with E-state index in [2.05, 4.69) is 21.2 Å². The number of amides is 1. The maximum Gasteiger partial charge on any atom is 0.341 e. The van der Waals surface area contributed by atoms with Gasteiger partial charge in [-0.05, 0) is 42.2 Å². The van der Waals surface area contributed by atoms with Crippen molar-refractivity contribution in [1.29, 1.82) is 0 Å². The van der Waals surface area contributed by atoms with Crippen LogP contribution in [0.5, 0.6) is 0 Å². The third kappa shape index (κ3) is 4.89. The average Bonchev–Trinajstić information content (AvgIpc) is 2.59. The highest BCUT2D eigenvalue weighted by Gasteiger charge is 2.16. The van der Waals surface area contributed by atoms with Crippen LogP contribution in [-0.4, -0.2) is 18.5 Å². The predicted molar refractivity (Wildman–Crippen MR) is 98.2 cm³/mol. The molecule has 0 fully saturated rings. The van der Waals surface area contributed by atoms with Crippen molar-refractivity contribution < 1.29 is 18.7 Å². The number of rotatable bonds is 6. The number of benzene rings is 2. The van der Waals surface area contributed by atoms with Gasteiger partial charge in [0.2, 0.25) is 0 Å². The molecule has 132 valence electrons. The number of ether oxygens (including phenoxy) is 1. The van der Waals surface area contributed by atoms with Crippen molar-refractivity contribution in [2.75, 3.05) is 11.9 Å². The summed E-state index contributed by atoms with van der Waals surface area (Å²) in [5, 5.41) is 2.79. The van der Waals surface area contributed by atoms with Gasteiger partial charge < -0.3 is 10.1 Å². The highest BCUT2D eigenvalue weighted by Crippen LogP contribution is 2.22. The molecule has 0 aliphatic carbocycles. The minimum atomic E-state index is -0.875. The Kier molecular flexibility index (Phi) is 6.70. The average molecular weight is 408 g/mol. The van der Waals surface area contributed by atoms with Gasteiger partial charge in [0.05, 0.1) is 5.56 Å². The number of hydrogen-bond donors (Lipinski definition) is 1. The highest BCUT2D eigenvalue weighted by molar-refractivity contribution is 9.10. The molecule has 0 aromatic heterocycles. The number of anilines is 1. The molecule has 25 heavy (non-hydrogen) atoms. The standard InChI is InChI=1S/C19H19BrFNO3/c1-3-12-6-5-7-13(4-2)18(12)22-17(23)11-25-19(24)15-9-8-14(20)10-16(15)21/h5-10H,3-4,11H2,1-2H3,(H,22,23). The number of nitrogens with one attached hydrogen (secondary N) is 1. The summed E-state index contributed by atoms with van der Waals surface area (Å²) >= 11 is 3.12. The first kappa shape index (κ1) is 19.1.